The number of likely N-dealkylation sites (N-methyl/N-ethyl adjacent to an activating group) is 1. The molecule has 1 atom stereocenters. The van der Waals surface area contributed by atoms with E-state index < -0.39 is 5.54 Å². The van der Waals surface area contributed by atoms with Gasteiger partial charge in [0.15, 0.2) is 0 Å². The van der Waals surface area contributed by atoms with Crippen LogP contribution in [0.1, 0.15) is 41.0 Å². The van der Waals surface area contributed by atoms with Gasteiger partial charge in [0.2, 0.25) is 5.91 Å². The Balaban J connectivity index is 2.32. The lowest BCUT2D eigenvalue weighted by molar-refractivity contribution is -0.126. The van der Waals surface area contributed by atoms with Crippen molar-refractivity contribution in [1.29, 1.82) is 0 Å². The summed E-state index contributed by atoms with van der Waals surface area (Å²) in [7, 11) is 0. The number of likely N-dealkylation sites (tertiary alicyclic amines) is 1. The Labute approximate surface area is 111 Å². The molecule has 0 aliphatic carbocycles. The van der Waals surface area contributed by atoms with Gasteiger partial charge in [-0.05, 0) is 53.1 Å². The van der Waals surface area contributed by atoms with Gasteiger partial charge in [-0.15, -0.1) is 0 Å². The second-order valence-electron chi connectivity index (χ2n) is 6.11. The van der Waals surface area contributed by atoms with E-state index in [2.05, 4.69) is 29.4 Å². The van der Waals surface area contributed by atoms with Crippen LogP contribution in [0.5, 0.6) is 0 Å². The summed E-state index contributed by atoms with van der Waals surface area (Å²) in [5.41, 5.74) is -0.467. The standard InChI is InChI=1S/C14H29N3O/c1-6-16-14(4,5)13(18)15-9-12-7-8-17(10-12)11(2)3/h11-12,16H,6-10H2,1-5H3,(H,15,18). The fourth-order valence-corrected chi connectivity index (χ4v) is 2.48. The molecule has 0 aromatic rings. The molecule has 2 N–H and O–H groups in total. The molecule has 0 radical (unpaired) electrons. The topological polar surface area (TPSA) is 44.4 Å². The van der Waals surface area contributed by atoms with Gasteiger partial charge in [0.1, 0.15) is 0 Å². The Kier molecular flexibility index (Phi) is 5.60. The van der Waals surface area contributed by atoms with Gasteiger partial charge >= 0.3 is 0 Å². The van der Waals surface area contributed by atoms with E-state index in [1.165, 1.54) is 6.42 Å². The molecule has 1 rings (SSSR count). The normalized spacial score (nSPS) is 21.6. The maximum atomic E-state index is 12.0. The first kappa shape index (κ1) is 15.4. The van der Waals surface area contributed by atoms with Crippen molar-refractivity contribution in [1.82, 2.24) is 15.5 Å². The van der Waals surface area contributed by atoms with E-state index in [-0.39, 0.29) is 5.91 Å². The number of hydrogen-bond donors (Lipinski definition) is 2. The fraction of sp³-hybridized carbons (Fsp3) is 0.929. The molecule has 0 aromatic heterocycles. The molecule has 4 heteroatoms. The maximum absolute atomic E-state index is 12.0. The molecular weight excluding hydrogens is 226 g/mol. The van der Waals surface area contributed by atoms with Crippen LogP contribution >= 0.6 is 0 Å². The van der Waals surface area contributed by atoms with Crippen LogP contribution in [0, 0.1) is 5.92 Å². The first-order chi connectivity index (χ1) is 8.36. The Morgan fingerprint density at radius 3 is 2.61 bits per heavy atom. The van der Waals surface area contributed by atoms with Gasteiger partial charge in [-0.25, -0.2) is 0 Å². The third-order valence-corrected chi connectivity index (χ3v) is 3.79. The molecule has 4 nitrogen and oxygen atoms in total. The lowest BCUT2D eigenvalue weighted by Gasteiger charge is -2.25. The summed E-state index contributed by atoms with van der Waals surface area (Å²) in [5, 5.41) is 6.28. The molecule has 1 heterocycles. The highest BCUT2D eigenvalue weighted by Gasteiger charge is 2.28. The van der Waals surface area contributed by atoms with Crippen LogP contribution in [0.4, 0.5) is 0 Å². The average Bonchev–Trinajstić information content (AvgIpc) is 2.74. The number of rotatable bonds is 6. The first-order valence-corrected chi connectivity index (χ1v) is 7.14. The molecule has 0 bridgehead atoms. The Hall–Kier alpha value is -0.610. The molecule has 1 fully saturated rings. The monoisotopic (exact) mass is 255 g/mol. The minimum absolute atomic E-state index is 0.104. The van der Waals surface area contributed by atoms with E-state index in [1.807, 2.05) is 20.8 Å². The molecule has 1 amide bonds. The molecule has 1 saturated heterocycles. The summed E-state index contributed by atoms with van der Waals surface area (Å²) in [6.07, 6.45) is 1.19. The zero-order valence-electron chi connectivity index (χ0n) is 12.5. The number of hydrogen-bond acceptors (Lipinski definition) is 3. The Bertz CT molecular complexity index is 276. The van der Waals surface area contributed by atoms with E-state index >= 15 is 0 Å². The predicted molar refractivity (Wildman–Crippen MR) is 75.6 cm³/mol. The van der Waals surface area contributed by atoms with Crippen LogP contribution in [0.15, 0.2) is 0 Å². The average molecular weight is 255 g/mol. The van der Waals surface area contributed by atoms with Crippen molar-refractivity contribution in [2.45, 2.75) is 52.6 Å². The number of carbonyl (C=O) groups is 1. The summed E-state index contributed by atoms with van der Waals surface area (Å²) in [6, 6.07) is 0.615. The second-order valence-corrected chi connectivity index (χ2v) is 6.11. The fourth-order valence-electron chi connectivity index (χ4n) is 2.48. The van der Waals surface area contributed by atoms with Crippen molar-refractivity contribution >= 4 is 5.91 Å². The van der Waals surface area contributed by atoms with E-state index in [0.29, 0.717) is 12.0 Å². The van der Waals surface area contributed by atoms with Gasteiger partial charge in [-0.1, -0.05) is 6.92 Å². The number of nitrogens with one attached hydrogen (secondary N) is 2. The molecule has 106 valence electrons. The lowest BCUT2D eigenvalue weighted by atomic mass is 10.0. The third-order valence-electron chi connectivity index (χ3n) is 3.79. The highest BCUT2D eigenvalue weighted by molar-refractivity contribution is 5.85. The number of amides is 1. The van der Waals surface area contributed by atoms with E-state index in [9.17, 15) is 4.79 Å². The molecule has 18 heavy (non-hydrogen) atoms. The van der Waals surface area contributed by atoms with E-state index in [1.54, 1.807) is 0 Å². The first-order valence-electron chi connectivity index (χ1n) is 7.14. The van der Waals surface area contributed by atoms with Crippen LogP contribution < -0.4 is 10.6 Å². The van der Waals surface area contributed by atoms with Crippen LogP contribution in [0.2, 0.25) is 0 Å². The molecule has 0 spiro atoms. The van der Waals surface area contributed by atoms with Crippen molar-refractivity contribution in [3.8, 4) is 0 Å². The van der Waals surface area contributed by atoms with Crippen LogP contribution in [-0.4, -0.2) is 48.6 Å². The van der Waals surface area contributed by atoms with Gasteiger partial charge in [0.05, 0.1) is 5.54 Å². The minimum atomic E-state index is -0.467. The zero-order chi connectivity index (χ0) is 13.8. The van der Waals surface area contributed by atoms with Gasteiger partial charge in [-0.3, -0.25) is 4.79 Å². The SMILES string of the molecule is CCNC(C)(C)C(=O)NCC1CCN(C(C)C)C1. The van der Waals surface area contributed by atoms with Crippen molar-refractivity contribution in [3.05, 3.63) is 0 Å². The largest absolute Gasteiger partial charge is 0.354 e. The lowest BCUT2D eigenvalue weighted by Crippen LogP contribution is -2.53. The van der Waals surface area contributed by atoms with Crippen molar-refractivity contribution in [2.75, 3.05) is 26.2 Å². The molecule has 1 aliphatic rings. The molecular formula is C14H29N3O. The van der Waals surface area contributed by atoms with Crippen molar-refractivity contribution < 1.29 is 4.79 Å². The van der Waals surface area contributed by atoms with Gasteiger partial charge < -0.3 is 15.5 Å². The molecule has 0 aromatic carbocycles. The van der Waals surface area contributed by atoms with Gasteiger partial charge in [0, 0.05) is 19.1 Å². The summed E-state index contributed by atoms with van der Waals surface area (Å²) >= 11 is 0. The Morgan fingerprint density at radius 2 is 2.11 bits per heavy atom. The number of carbonyl (C=O) groups excluding carboxylic acids is 1. The highest BCUT2D eigenvalue weighted by atomic mass is 16.2. The summed E-state index contributed by atoms with van der Waals surface area (Å²) in [5.74, 6) is 0.709. The molecule has 1 aliphatic heterocycles. The predicted octanol–water partition coefficient (Wildman–Crippen LogP) is 1.22. The second kappa shape index (κ2) is 6.53. The van der Waals surface area contributed by atoms with Gasteiger partial charge in [-0.2, -0.15) is 0 Å². The quantitative estimate of drug-likeness (QED) is 0.750. The van der Waals surface area contributed by atoms with E-state index in [4.69, 9.17) is 0 Å². The van der Waals surface area contributed by atoms with E-state index in [0.717, 1.165) is 26.2 Å². The Morgan fingerprint density at radius 1 is 1.44 bits per heavy atom. The van der Waals surface area contributed by atoms with Crippen molar-refractivity contribution in [2.24, 2.45) is 5.92 Å². The maximum Gasteiger partial charge on any atom is 0.239 e. The van der Waals surface area contributed by atoms with Crippen molar-refractivity contribution in [3.63, 3.8) is 0 Å². The summed E-state index contributed by atoms with van der Waals surface area (Å²) < 4.78 is 0. The molecule has 1 unspecified atom stereocenters. The minimum Gasteiger partial charge on any atom is -0.354 e. The third kappa shape index (κ3) is 4.25. The van der Waals surface area contributed by atoms with Crippen LogP contribution in [-0.2, 0) is 4.79 Å². The highest BCUT2D eigenvalue weighted by Crippen LogP contribution is 2.17. The smallest absolute Gasteiger partial charge is 0.239 e. The van der Waals surface area contributed by atoms with Gasteiger partial charge in [0.25, 0.3) is 0 Å². The summed E-state index contributed by atoms with van der Waals surface area (Å²) in [4.78, 5) is 14.5. The van der Waals surface area contributed by atoms with Crippen LogP contribution in [0.25, 0.3) is 0 Å². The molecule has 0 saturated carbocycles. The number of nitrogens with zero attached hydrogens (tertiary/aromatic N) is 1. The summed E-state index contributed by atoms with van der Waals surface area (Å²) in [6.45, 7) is 14.2. The zero-order valence-corrected chi connectivity index (χ0v) is 12.5. The van der Waals surface area contributed by atoms with Crippen LogP contribution in [0.3, 0.4) is 0 Å².